The summed E-state index contributed by atoms with van der Waals surface area (Å²) in [7, 11) is 1.36. The van der Waals surface area contributed by atoms with E-state index in [0.29, 0.717) is 12.8 Å². The number of carbonyl (C=O) groups excluding carboxylic acids is 2. The largest absolute Gasteiger partial charge is 0.488 e. The molecule has 1 aromatic carbocycles. The molecule has 1 rings (SSSR count). The number of hydrogen-bond acceptors (Lipinski definition) is 5. The summed E-state index contributed by atoms with van der Waals surface area (Å²) in [5, 5.41) is 2.88. The Morgan fingerprint density at radius 2 is 1.57 bits per heavy atom. The molecule has 1 N–H and O–H groups in total. The SMILES string of the molecule is COC(=O)[C@H](C)C[C@H](Cc1ccc(OC(C)(C)C)cc1)NC(=O)OC(C)(C)C. The minimum absolute atomic E-state index is 0.265. The normalized spacial score (nSPS) is 14.0. The maximum absolute atomic E-state index is 12.2. The highest BCUT2D eigenvalue weighted by atomic mass is 16.6. The molecular weight excluding hydrogens is 358 g/mol. The topological polar surface area (TPSA) is 73.9 Å². The van der Waals surface area contributed by atoms with Gasteiger partial charge in [0.1, 0.15) is 17.0 Å². The van der Waals surface area contributed by atoms with Crippen LogP contribution in [0.2, 0.25) is 0 Å². The van der Waals surface area contributed by atoms with Gasteiger partial charge in [-0.3, -0.25) is 4.79 Å². The van der Waals surface area contributed by atoms with Crippen LogP contribution in [0.15, 0.2) is 24.3 Å². The van der Waals surface area contributed by atoms with Crippen molar-refractivity contribution in [1.82, 2.24) is 5.32 Å². The zero-order valence-electron chi connectivity index (χ0n) is 18.4. The van der Waals surface area contributed by atoms with E-state index in [2.05, 4.69) is 5.32 Å². The van der Waals surface area contributed by atoms with Gasteiger partial charge in [0.15, 0.2) is 0 Å². The summed E-state index contributed by atoms with van der Waals surface area (Å²) in [6.45, 7) is 13.2. The summed E-state index contributed by atoms with van der Waals surface area (Å²) < 4.78 is 16.0. The number of amides is 1. The predicted molar refractivity (Wildman–Crippen MR) is 109 cm³/mol. The molecule has 0 fully saturated rings. The van der Waals surface area contributed by atoms with Gasteiger partial charge in [-0.15, -0.1) is 0 Å². The Kier molecular flexibility index (Phi) is 8.33. The Labute approximate surface area is 168 Å². The zero-order chi connectivity index (χ0) is 21.5. The molecule has 0 radical (unpaired) electrons. The first-order chi connectivity index (χ1) is 12.8. The van der Waals surface area contributed by atoms with E-state index in [1.165, 1.54) is 7.11 Å². The zero-order valence-corrected chi connectivity index (χ0v) is 18.4. The molecule has 0 saturated heterocycles. The Bertz CT molecular complexity index is 640. The van der Waals surface area contributed by atoms with Crippen molar-refractivity contribution >= 4 is 12.1 Å². The maximum Gasteiger partial charge on any atom is 0.407 e. The third-order valence-corrected chi connectivity index (χ3v) is 3.79. The van der Waals surface area contributed by atoms with Gasteiger partial charge in [0.25, 0.3) is 0 Å². The highest BCUT2D eigenvalue weighted by Crippen LogP contribution is 2.20. The van der Waals surface area contributed by atoms with Crippen molar-refractivity contribution in [2.24, 2.45) is 5.92 Å². The molecule has 0 bridgehead atoms. The molecule has 0 spiro atoms. The number of carbonyl (C=O) groups is 2. The Hall–Kier alpha value is -2.24. The number of nitrogens with one attached hydrogen (secondary N) is 1. The summed E-state index contributed by atoms with van der Waals surface area (Å²) in [5.74, 6) is 0.147. The molecular formula is C22H35NO5. The van der Waals surface area contributed by atoms with Crippen molar-refractivity contribution < 1.29 is 23.8 Å². The van der Waals surface area contributed by atoms with E-state index in [1.807, 2.05) is 65.8 Å². The smallest absolute Gasteiger partial charge is 0.407 e. The second kappa shape index (κ2) is 9.80. The van der Waals surface area contributed by atoms with Crippen LogP contribution in [-0.4, -0.2) is 36.4 Å². The first-order valence-electron chi connectivity index (χ1n) is 9.64. The minimum atomic E-state index is -0.589. The van der Waals surface area contributed by atoms with Crippen molar-refractivity contribution in [2.45, 2.75) is 78.6 Å². The third kappa shape index (κ3) is 9.62. The van der Waals surface area contributed by atoms with Crippen LogP contribution in [0.5, 0.6) is 5.75 Å². The van der Waals surface area contributed by atoms with Gasteiger partial charge >= 0.3 is 12.1 Å². The molecule has 2 atom stereocenters. The highest BCUT2D eigenvalue weighted by Gasteiger charge is 2.24. The van der Waals surface area contributed by atoms with Crippen LogP contribution < -0.4 is 10.1 Å². The van der Waals surface area contributed by atoms with E-state index in [1.54, 1.807) is 6.92 Å². The lowest BCUT2D eigenvalue weighted by atomic mass is 9.96. The summed E-state index contributed by atoms with van der Waals surface area (Å²) >= 11 is 0. The summed E-state index contributed by atoms with van der Waals surface area (Å²) in [5.41, 5.74) is 0.173. The molecule has 0 aliphatic carbocycles. The quantitative estimate of drug-likeness (QED) is 0.691. The number of hydrogen-bond donors (Lipinski definition) is 1. The van der Waals surface area contributed by atoms with E-state index < -0.39 is 11.7 Å². The number of ether oxygens (including phenoxy) is 3. The Morgan fingerprint density at radius 3 is 2.04 bits per heavy atom. The molecule has 28 heavy (non-hydrogen) atoms. The van der Waals surface area contributed by atoms with Crippen LogP contribution in [-0.2, 0) is 20.7 Å². The maximum atomic E-state index is 12.2. The number of benzene rings is 1. The average molecular weight is 394 g/mol. The van der Waals surface area contributed by atoms with Crippen LogP contribution in [0.1, 0.15) is 60.5 Å². The molecule has 6 nitrogen and oxygen atoms in total. The molecule has 0 saturated carbocycles. The monoisotopic (exact) mass is 393 g/mol. The lowest BCUT2D eigenvalue weighted by Crippen LogP contribution is -2.41. The lowest BCUT2D eigenvalue weighted by molar-refractivity contribution is -0.145. The van der Waals surface area contributed by atoms with Gasteiger partial charge in [0.05, 0.1) is 13.0 Å². The number of rotatable bonds is 7. The Balaban J connectivity index is 2.86. The molecule has 0 heterocycles. The third-order valence-electron chi connectivity index (χ3n) is 3.79. The van der Waals surface area contributed by atoms with Crippen LogP contribution >= 0.6 is 0 Å². The van der Waals surface area contributed by atoms with E-state index in [-0.39, 0.29) is 23.5 Å². The summed E-state index contributed by atoms with van der Waals surface area (Å²) in [6.07, 6.45) is 0.518. The van der Waals surface area contributed by atoms with Gasteiger partial charge in [-0.1, -0.05) is 19.1 Å². The lowest BCUT2D eigenvalue weighted by Gasteiger charge is -2.25. The summed E-state index contributed by atoms with van der Waals surface area (Å²) in [6, 6.07) is 7.49. The van der Waals surface area contributed by atoms with E-state index in [0.717, 1.165) is 11.3 Å². The fourth-order valence-electron chi connectivity index (χ4n) is 2.72. The first-order valence-corrected chi connectivity index (χ1v) is 9.64. The van der Waals surface area contributed by atoms with Crippen molar-refractivity contribution in [3.05, 3.63) is 29.8 Å². The molecule has 1 amide bonds. The molecule has 158 valence electrons. The van der Waals surface area contributed by atoms with Crippen molar-refractivity contribution in [3.8, 4) is 5.75 Å². The predicted octanol–water partition coefficient (Wildman–Crippen LogP) is 4.50. The average Bonchev–Trinajstić information content (AvgIpc) is 2.52. The highest BCUT2D eigenvalue weighted by molar-refractivity contribution is 5.72. The van der Waals surface area contributed by atoms with E-state index in [9.17, 15) is 9.59 Å². The number of alkyl carbamates (subject to hydrolysis) is 1. The molecule has 1 aromatic rings. The Morgan fingerprint density at radius 1 is 1.00 bits per heavy atom. The van der Waals surface area contributed by atoms with Crippen LogP contribution in [0, 0.1) is 5.92 Å². The van der Waals surface area contributed by atoms with Gasteiger partial charge in [0, 0.05) is 6.04 Å². The summed E-state index contributed by atoms with van der Waals surface area (Å²) in [4.78, 5) is 24.0. The van der Waals surface area contributed by atoms with Gasteiger partial charge < -0.3 is 19.5 Å². The van der Waals surface area contributed by atoms with Gasteiger partial charge in [-0.2, -0.15) is 0 Å². The van der Waals surface area contributed by atoms with Crippen molar-refractivity contribution in [3.63, 3.8) is 0 Å². The van der Waals surface area contributed by atoms with Crippen LogP contribution in [0.25, 0.3) is 0 Å². The first kappa shape index (κ1) is 23.8. The minimum Gasteiger partial charge on any atom is -0.488 e. The molecule has 0 unspecified atom stereocenters. The van der Waals surface area contributed by atoms with Crippen LogP contribution in [0.3, 0.4) is 0 Å². The van der Waals surface area contributed by atoms with E-state index >= 15 is 0 Å². The second-order valence-electron chi connectivity index (χ2n) is 9.07. The van der Waals surface area contributed by atoms with Crippen LogP contribution in [0.4, 0.5) is 4.79 Å². The number of methoxy groups -OCH3 is 1. The fourth-order valence-corrected chi connectivity index (χ4v) is 2.72. The fraction of sp³-hybridized carbons (Fsp3) is 0.636. The van der Waals surface area contributed by atoms with E-state index in [4.69, 9.17) is 14.2 Å². The molecule has 6 heteroatoms. The van der Waals surface area contributed by atoms with Crippen molar-refractivity contribution in [1.29, 1.82) is 0 Å². The molecule has 0 aromatic heterocycles. The van der Waals surface area contributed by atoms with Crippen molar-refractivity contribution in [2.75, 3.05) is 7.11 Å². The van der Waals surface area contributed by atoms with Gasteiger partial charge in [0.2, 0.25) is 0 Å². The number of esters is 1. The second-order valence-corrected chi connectivity index (χ2v) is 9.07. The van der Waals surface area contributed by atoms with Gasteiger partial charge in [-0.05, 0) is 72.1 Å². The standard InChI is InChI=1S/C22H35NO5/c1-15(19(24)26-8)13-17(23-20(25)28-22(5,6)7)14-16-9-11-18(12-10-16)27-21(2,3)4/h9-12,15,17H,13-14H2,1-8H3,(H,23,25)/t15-,17-/m1/s1. The molecule has 0 aliphatic heterocycles. The van der Waals surface area contributed by atoms with Gasteiger partial charge in [-0.25, -0.2) is 4.79 Å². The molecule has 0 aliphatic rings.